The number of oxazole rings is 1. The van der Waals surface area contributed by atoms with E-state index in [2.05, 4.69) is 41.4 Å². The van der Waals surface area contributed by atoms with Gasteiger partial charge in [0.1, 0.15) is 17.9 Å². The summed E-state index contributed by atoms with van der Waals surface area (Å²) < 4.78 is 23.0. The van der Waals surface area contributed by atoms with Crippen LogP contribution in [0.25, 0.3) is 11.5 Å². The van der Waals surface area contributed by atoms with Crippen LogP contribution in [-0.4, -0.2) is 65.0 Å². The van der Waals surface area contributed by atoms with E-state index in [4.69, 9.17) is 4.42 Å². The number of aryl methyl sites for hydroxylation is 1. The fourth-order valence-electron chi connectivity index (χ4n) is 3.41. The van der Waals surface area contributed by atoms with Crippen LogP contribution in [0.1, 0.15) is 18.4 Å². The molecule has 0 atom stereocenters. The van der Waals surface area contributed by atoms with Crippen molar-refractivity contribution in [1.29, 1.82) is 0 Å². The first-order valence-corrected chi connectivity index (χ1v) is 11.2. The summed E-state index contributed by atoms with van der Waals surface area (Å²) in [6.07, 6.45) is 3.22. The number of benzene rings is 1. The van der Waals surface area contributed by atoms with Crippen molar-refractivity contribution in [2.45, 2.75) is 19.8 Å². The van der Waals surface area contributed by atoms with Crippen LogP contribution in [0.5, 0.6) is 0 Å². The molecule has 0 spiro atoms. The number of piperazine rings is 1. The van der Waals surface area contributed by atoms with Gasteiger partial charge in [-0.1, -0.05) is 6.92 Å². The van der Waals surface area contributed by atoms with E-state index in [-0.39, 0.29) is 5.82 Å². The van der Waals surface area contributed by atoms with Gasteiger partial charge in [-0.15, -0.1) is 0 Å². The zero-order valence-electron chi connectivity index (χ0n) is 17.7. The largest absolute Gasteiger partial charge is 0.444 e. The Morgan fingerprint density at radius 2 is 1.97 bits per heavy atom. The van der Waals surface area contributed by atoms with Gasteiger partial charge in [0.15, 0.2) is 5.96 Å². The summed E-state index contributed by atoms with van der Waals surface area (Å²) >= 11 is 1.47. The molecule has 10 heteroatoms. The van der Waals surface area contributed by atoms with Crippen molar-refractivity contribution in [3.63, 3.8) is 0 Å². The first kappa shape index (κ1) is 21.2. The molecule has 0 bridgehead atoms. The smallest absolute Gasteiger partial charge is 0.226 e. The maximum Gasteiger partial charge on any atom is 0.226 e. The highest BCUT2D eigenvalue weighted by molar-refractivity contribution is 7.09. The number of nitrogens with one attached hydrogen (secondary N) is 1. The molecule has 31 heavy (non-hydrogen) atoms. The number of halogens is 1. The third-order valence-corrected chi connectivity index (χ3v) is 5.96. The summed E-state index contributed by atoms with van der Waals surface area (Å²) in [5.74, 6) is 2.02. The first-order valence-electron chi connectivity index (χ1n) is 10.4. The van der Waals surface area contributed by atoms with E-state index in [1.807, 2.05) is 0 Å². The second-order valence-electron chi connectivity index (χ2n) is 7.20. The molecule has 164 valence electrons. The maximum absolute atomic E-state index is 13.1. The molecular weight excluding hydrogens is 417 g/mol. The van der Waals surface area contributed by atoms with E-state index in [0.717, 1.165) is 60.8 Å². The molecule has 8 nitrogen and oxygen atoms in total. The standard InChI is InChI=1S/C21H26FN7OS/c1-3-18-26-21(31-27-18)29-12-10-28(11-13-29)20(23-2)24-9-8-17-14-30-19(25-17)15-4-6-16(22)7-5-15/h4-7,14H,3,8-13H2,1-2H3,(H,23,24). The molecule has 1 aromatic carbocycles. The van der Waals surface area contributed by atoms with Crippen molar-refractivity contribution >= 4 is 22.6 Å². The Kier molecular flexibility index (Phi) is 6.76. The summed E-state index contributed by atoms with van der Waals surface area (Å²) in [6.45, 7) is 6.30. The molecule has 1 aliphatic rings. The van der Waals surface area contributed by atoms with Crippen molar-refractivity contribution < 1.29 is 8.81 Å². The number of nitrogens with zero attached hydrogens (tertiary/aromatic N) is 6. The Morgan fingerprint density at radius 3 is 2.65 bits per heavy atom. The average Bonchev–Trinajstić information content (AvgIpc) is 3.47. The van der Waals surface area contributed by atoms with E-state index in [0.29, 0.717) is 18.9 Å². The lowest BCUT2D eigenvalue weighted by atomic mass is 10.2. The molecule has 2 aromatic heterocycles. The Labute approximate surface area is 185 Å². The predicted octanol–water partition coefficient (Wildman–Crippen LogP) is 2.83. The monoisotopic (exact) mass is 443 g/mol. The fourth-order valence-corrected chi connectivity index (χ4v) is 4.21. The molecule has 0 aliphatic carbocycles. The van der Waals surface area contributed by atoms with Crippen molar-refractivity contribution in [1.82, 2.24) is 24.6 Å². The summed E-state index contributed by atoms with van der Waals surface area (Å²) in [4.78, 5) is 18.1. The van der Waals surface area contributed by atoms with Gasteiger partial charge < -0.3 is 19.5 Å². The zero-order chi connectivity index (χ0) is 21.6. The van der Waals surface area contributed by atoms with E-state index >= 15 is 0 Å². The van der Waals surface area contributed by atoms with Gasteiger partial charge in [0, 0.05) is 69.7 Å². The van der Waals surface area contributed by atoms with Crippen molar-refractivity contribution in [2.24, 2.45) is 4.99 Å². The third-order valence-electron chi connectivity index (χ3n) is 5.14. The lowest BCUT2D eigenvalue weighted by molar-refractivity contribution is 0.372. The molecule has 1 aliphatic heterocycles. The van der Waals surface area contributed by atoms with Gasteiger partial charge in [0.05, 0.1) is 5.69 Å². The van der Waals surface area contributed by atoms with E-state index < -0.39 is 0 Å². The normalized spacial score (nSPS) is 14.9. The van der Waals surface area contributed by atoms with Crippen molar-refractivity contribution in [2.75, 3.05) is 44.7 Å². The molecule has 0 saturated carbocycles. The molecule has 0 amide bonds. The number of aliphatic imine (C=N–C) groups is 1. The number of hydrogen-bond acceptors (Lipinski definition) is 7. The third kappa shape index (κ3) is 5.19. The van der Waals surface area contributed by atoms with Gasteiger partial charge in [-0.05, 0) is 24.3 Å². The number of aromatic nitrogens is 3. The minimum atomic E-state index is -0.277. The molecule has 4 rings (SSSR count). The Hall–Kier alpha value is -3.01. The van der Waals surface area contributed by atoms with Crippen LogP contribution in [0.2, 0.25) is 0 Å². The van der Waals surface area contributed by atoms with Crippen LogP contribution in [0, 0.1) is 5.82 Å². The summed E-state index contributed by atoms with van der Waals surface area (Å²) in [5.41, 5.74) is 1.60. The van der Waals surface area contributed by atoms with Gasteiger partial charge in [0.25, 0.3) is 0 Å². The van der Waals surface area contributed by atoms with Crippen LogP contribution in [0.15, 0.2) is 39.9 Å². The van der Waals surface area contributed by atoms with E-state index in [1.54, 1.807) is 25.4 Å². The quantitative estimate of drug-likeness (QED) is 0.463. The Balaban J connectivity index is 1.25. The Morgan fingerprint density at radius 1 is 1.19 bits per heavy atom. The van der Waals surface area contributed by atoms with Gasteiger partial charge in [0.2, 0.25) is 11.0 Å². The van der Waals surface area contributed by atoms with Crippen LogP contribution < -0.4 is 10.2 Å². The first-order chi connectivity index (χ1) is 15.2. The second-order valence-corrected chi connectivity index (χ2v) is 7.93. The molecule has 1 saturated heterocycles. The highest BCUT2D eigenvalue weighted by atomic mass is 32.1. The van der Waals surface area contributed by atoms with Crippen molar-refractivity contribution in [3.8, 4) is 11.5 Å². The predicted molar refractivity (Wildman–Crippen MR) is 120 cm³/mol. The molecule has 3 aromatic rings. The van der Waals surface area contributed by atoms with E-state index in [1.165, 1.54) is 23.7 Å². The lowest BCUT2D eigenvalue weighted by Gasteiger charge is -2.36. The second kappa shape index (κ2) is 9.86. The number of anilines is 1. The molecule has 0 unspecified atom stereocenters. The van der Waals surface area contributed by atoms with Crippen LogP contribution >= 0.6 is 11.5 Å². The minimum Gasteiger partial charge on any atom is -0.444 e. The van der Waals surface area contributed by atoms with Crippen molar-refractivity contribution in [3.05, 3.63) is 47.9 Å². The number of guanidine groups is 1. The average molecular weight is 444 g/mol. The van der Waals surface area contributed by atoms with Gasteiger partial charge in [-0.25, -0.2) is 14.4 Å². The molecule has 1 fully saturated rings. The molecular formula is C21H26FN7OS. The molecule has 1 N–H and O–H groups in total. The zero-order valence-corrected chi connectivity index (χ0v) is 18.5. The topological polar surface area (TPSA) is 82.7 Å². The minimum absolute atomic E-state index is 0.277. The Bertz CT molecular complexity index is 1010. The molecule has 3 heterocycles. The number of rotatable bonds is 6. The highest BCUT2D eigenvalue weighted by Crippen LogP contribution is 2.20. The van der Waals surface area contributed by atoms with E-state index in [9.17, 15) is 4.39 Å². The fraction of sp³-hybridized carbons (Fsp3) is 0.429. The summed E-state index contributed by atoms with van der Waals surface area (Å²) in [5, 5.41) is 4.42. The SMILES string of the molecule is CCc1nsc(N2CCN(C(=NC)NCCc3coc(-c4ccc(F)cc4)n3)CC2)n1. The summed E-state index contributed by atoms with van der Waals surface area (Å²) in [7, 11) is 1.80. The molecule has 0 radical (unpaired) electrons. The van der Waals surface area contributed by atoms with Gasteiger partial charge >= 0.3 is 0 Å². The van der Waals surface area contributed by atoms with Gasteiger partial charge in [-0.3, -0.25) is 4.99 Å². The van der Waals surface area contributed by atoms with Gasteiger partial charge in [-0.2, -0.15) is 4.37 Å². The highest BCUT2D eigenvalue weighted by Gasteiger charge is 2.22. The van der Waals surface area contributed by atoms with Crippen LogP contribution in [0.3, 0.4) is 0 Å². The van der Waals surface area contributed by atoms with Crippen LogP contribution in [-0.2, 0) is 12.8 Å². The lowest BCUT2D eigenvalue weighted by Crippen LogP contribution is -2.52. The number of hydrogen-bond donors (Lipinski definition) is 1. The van der Waals surface area contributed by atoms with Crippen LogP contribution in [0.4, 0.5) is 9.52 Å². The maximum atomic E-state index is 13.1. The summed E-state index contributed by atoms with van der Waals surface area (Å²) in [6, 6.07) is 6.13.